The Labute approximate surface area is 162 Å². The molecule has 0 saturated heterocycles. The van der Waals surface area contributed by atoms with Crippen LogP contribution in [-0.4, -0.2) is 10.9 Å². The number of aromatic nitrogens is 1. The third-order valence-electron chi connectivity index (χ3n) is 4.21. The number of hydrogen-bond donors (Lipinski definition) is 2. The normalized spacial score (nSPS) is 12.6. The van der Waals surface area contributed by atoms with Crippen molar-refractivity contribution in [2.24, 2.45) is 0 Å². The van der Waals surface area contributed by atoms with Crippen LogP contribution in [0.25, 0.3) is 12.3 Å². The van der Waals surface area contributed by atoms with Gasteiger partial charge in [0, 0.05) is 29.0 Å². The van der Waals surface area contributed by atoms with E-state index in [1.165, 1.54) is 12.1 Å². The van der Waals surface area contributed by atoms with Crippen LogP contribution in [0.3, 0.4) is 0 Å². The van der Waals surface area contributed by atoms with Gasteiger partial charge in [0.25, 0.3) is 5.91 Å². The molecule has 0 radical (unpaired) electrons. The highest BCUT2D eigenvalue weighted by Gasteiger charge is 2.21. The summed E-state index contributed by atoms with van der Waals surface area (Å²) in [6.07, 6.45) is 4.80. The second-order valence-corrected chi connectivity index (χ2v) is 6.13. The van der Waals surface area contributed by atoms with E-state index in [4.69, 9.17) is 0 Å². The molecule has 140 valence electrons. The number of carbonyl (C=O) groups is 1. The van der Waals surface area contributed by atoms with Gasteiger partial charge in [-0.25, -0.2) is 4.39 Å². The minimum Gasteiger partial charge on any atom is -0.370 e. The molecule has 4 nitrogen and oxygen atoms in total. The molecule has 2 aromatic carbocycles. The molecule has 0 fully saturated rings. The maximum atomic E-state index is 13.4. The summed E-state index contributed by atoms with van der Waals surface area (Å²) < 4.78 is 13.4. The Kier molecular flexibility index (Phi) is 5.97. The first-order chi connectivity index (χ1) is 13.6. The van der Waals surface area contributed by atoms with Crippen molar-refractivity contribution in [1.29, 1.82) is 0 Å². The van der Waals surface area contributed by atoms with E-state index in [1.807, 2.05) is 30.3 Å². The molecule has 0 bridgehead atoms. The summed E-state index contributed by atoms with van der Waals surface area (Å²) >= 11 is 0. The zero-order valence-corrected chi connectivity index (χ0v) is 15.2. The van der Waals surface area contributed by atoms with Crippen molar-refractivity contribution in [3.05, 3.63) is 108 Å². The molecule has 1 unspecified atom stereocenters. The molecule has 1 atom stereocenters. The average molecular weight is 373 g/mol. The van der Waals surface area contributed by atoms with E-state index in [1.54, 1.807) is 36.7 Å². The minimum atomic E-state index is -0.729. The Hall–Kier alpha value is -3.73. The van der Waals surface area contributed by atoms with E-state index in [0.717, 1.165) is 10.9 Å². The maximum Gasteiger partial charge on any atom is 0.251 e. The van der Waals surface area contributed by atoms with Gasteiger partial charge in [0.05, 0.1) is 0 Å². The lowest BCUT2D eigenvalue weighted by atomic mass is 10.0. The van der Waals surface area contributed by atoms with Gasteiger partial charge in [-0.15, -0.1) is 0 Å². The number of anilines is 1. The van der Waals surface area contributed by atoms with Crippen LogP contribution in [0.4, 0.5) is 10.1 Å². The van der Waals surface area contributed by atoms with Crippen molar-refractivity contribution >= 4 is 23.9 Å². The first kappa shape index (κ1) is 19.0. The lowest BCUT2D eigenvalue weighted by Crippen LogP contribution is -2.37. The highest BCUT2D eigenvalue weighted by atomic mass is 19.1. The molecule has 0 aliphatic heterocycles. The van der Waals surface area contributed by atoms with Gasteiger partial charge in [-0.05, 0) is 47.2 Å². The average Bonchev–Trinajstić information content (AvgIpc) is 2.72. The van der Waals surface area contributed by atoms with Gasteiger partial charge in [-0.3, -0.25) is 9.78 Å². The van der Waals surface area contributed by atoms with Gasteiger partial charge in [0.2, 0.25) is 0 Å². The molecule has 5 heteroatoms. The van der Waals surface area contributed by atoms with Crippen molar-refractivity contribution in [1.82, 2.24) is 10.3 Å². The first-order valence-electron chi connectivity index (χ1n) is 8.72. The zero-order chi connectivity index (χ0) is 19.9. The van der Waals surface area contributed by atoms with Crippen LogP contribution >= 0.6 is 0 Å². The van der Waals surface area contributed by atoms with Crippen molar-refractivity contribution in [2.75, 3.05) is 5.32 Å². The number of carbonyl (C=O) groups excluding carboxylic acids is 1. The Bertz CT molecular complexity index is 1080. The molecule has 0 aliphatic carbocycles. The van der Waals surface area contributed by atoms with Gasteiger partial charge in [0.1, 0.15) is 11.9 Å². The lowest BCUT2D eigenvalue weighted by Gasteiger charge is -2.20. The number of para-hydroxylation sites is 1. The van der Waals surface area contributed by atoms with Crippen molar-refractivity contribution in [2.45, 2.75) is 6.04 Å². The number of amides is 1. The van der Waals surface area contributed by atoms with E-state index < -0.39 is 6.04 Å². The smallest absolute Gasteiger partial charge is 0.251 e. The number of hydrogen-bond acceptors (Lipinski definition) is 3. The molecule has 3 aromatic rings. The van der Waals surface area contributed by atoms with Gasteiger partial charge >= 0.3 is 0 Å². The molecule has 28 heavy (non-hydrogen) atoms. The van der Waals surface area contributed by atoms with Gasteiger partial charge in [-0.2, -0.15) is 0 Å². The monoisotopic (exact) mass is 373 g/mol. The second-order valence-electron chi connectivity index (χ2n) is 6.13. The molecule has 2 N–H and O–H groups in total. The summed E-state index contributed by atoms with van der Waals surface area (Å²) in [4.78, 5) is 17.1. The Morgan fingerprint density at radius 2 is 1.79 bits per heavy atom. The lowest BCUT2D eigenvalue weighted by molar-refractivity contribution is -0.120. The molecule has 1 heterocycles. The largest absolute Gasteiger partial charge is 0.370 e. The number of nitrogens with zero attached hydrogens (tertiary/aromatic N) is 1. The number of benzene rings is 2. The maximum absolute atomic E-state index is 13.4. The number of halogens is 1. The Morgan fingerprint density at radius 3 is 2.43 bits per heavy atom. The van der Waals surface area contributed by atoms with Crippen LogP contribution in [0.2, 0.25) is 0 Å². The van der Waals surface area contributed by atoms with Gasteiger partial charge < -0.3 is 10.6 Å². The van der Waals surface area contributed by atoms with Crippen molar-refractivity contribution in [3.63, 3.8) is 0 Å². The summed E-state index contributed by atoms with van der Waals surface area (Å²) in [6.45, 7) is 7.73. The SMILES string of the molecule is C=C/C(NC(=O)C(Nc1ccccc1)c1ccc(F)cc1)=c1/ccncc1=C. The Morgan fingerprint density at radius 1 is 1.07 bits per heavy atom. The van der Waals surface area contributed by atoms with E-state index in [-0.39, 0.29) is 11.7 Å². The van der Waals surface area contributed by atoms with Crippen LogP contribution in [0.5, 0.6) is 0 Å². The van der Waals surface area contributed by atoms with Crippen LogP contribution in [-0.2, 0) is 4.79 Å². The zero-order valence-electron chi connectivity index (χ0n) is 15.2. The van der Waals surface area contributed by atoms with E-state index in [0.29, 0.717) is 16.5 Å². The fraction of sp³-hybridized carbons (Fsp3) is 0.0435. The highest BCUT2D eigenvalue weighted by molar-refractivity contribution is 5.91. The standard InChI is InChI=1S/C23H20FN3O/c1-3-21(20-13-14-25-15-16(20)2)27-23(28)22(17-9-11-18(24)12-10-17)26-19-7-5-4-6-8-19/h3-15,22,26H,1-2H2,(H,27,28)/b21-20+. The topological polar surface area (TPSA) is 54.0 Å². The van der Waals surface area contributed by atoms with Crippen LogP contribution in [0.15, 0.2) is 85.7 Å². The predicted molar refractivity (Wildman–Crippen MR) is 110 cm³/mol. The summed E-state index contributed by atoms with van der Waals surface area (Å²) in [5, 5.41) is 7.50. The van der Waals surface area contributed by atoms with E-state index >= 15 is 0 Å². The third-order valence-corrected chi connectivity index (χ3v) is 4.21. The number of pyridine rings is 1. The van der Waals surface area contributed by atoms with Crippen LogP contribution < -0.4 is 21.1 Å². The predicted octanol–water partition coefficient (Wildman–Crippen LogP) is 2.89. The highest BCUT2D eigenvalue weighted by Crippen LogP contribution is 2.20. The Balaban J connectivity index is 1.97. The van der Waals surface area contributed by atoms with Crippen LogP contribution in [0.1, 0.15) is 11.6 Å². The summed E-state index contributed by atoms with van der Waals surface area (Å²) in [6, 6.07) is 16.2. The molecular weight excluding hydrogens is 353 g/mol. The molecule has 0 aliphatic rings. The summed E-state index contributed by atoms with van der Waals surface area (Å²) in [7, 11) is 0. The summed E-state index contributed by atoms with van der Waals surface area (Å²) in [5.41, 5.74) is 1.93. The quantitative estimate of drug-likeness (QED) is 0.699. The molecule has 1 amide bonds. The van der Waals surface area contributed by atoms with Gasteiger partial charge in [0.15, 0.2) is 0 Å². The molecule has 0 spiro atoms. The molecular formula is C23H20FN3O. The van der Waals surface area contributed by atoms with E-state index in [2.05, 4.69) is 28.8 Å². The second kappa shape index (κ2) is 8.77. The number of nitrogens with one attached hydrogen (secondary N) is 2. The number of rotatable bonds is 6. The van der Waals surface area contributed by atoms with E-state index in [9.17, 15) is 9.18 Å². The third kappa shape index (κ3) is 4.51. The fourth-order valence-electron chi connectivity index (χ4n) is 2.78. The van der Waals surface area contributed by atoms with Gasteiger partial charge in [-0.1, -0.05) is 43.5 Å². The van der Waals surface area contributed by atoms with Crippen LogP contribution in [0, 0.1) is 5.82 Å². The van der Waals surface area contributed by atoms with Crippen molar-refractivity contribution < 1.29 is 9.18 Å². The summed E-state index contributed by atoms with van der Waals surface area (Å²) in [5.74, 6) is -0.666. The fourth-order valence-corrected chi connectivity index (χ4v) is 2.78. The minimum absolute atomic E-state index is 0.304. The first-order valence-corrected chi connectivity index (χ1v) is 8.72. The molecule has 3 rings (SSSR count). The molecule has 1 aromatic heterocycles. The van der Waals surface area contributed by atoms with Crippen molar-refractivity contribution in [3.8, 4) is 0 Å². The molecule has 0 saturated carbocycles.